The highest BCUT2D eigenvalue weighted by atomic mass is 32.2. The second-order valence-corrected chi connectivity index (χ2v) is 8.19. The van der Waals surface area contributed by atoms with Gasteiger partial charge in [0.2, 0.25) is 5.91 Å². The van der Waals surface area contributed by atoms with Crippen LogP contribution < -0.4 is 10.2 Å². The summed E-state index contributed by atoms with van der Waals surface area (Å²) in [6, 6.07) is 18.3. The number of benzene rings is 2. The van der Waals surface area contributed by atoms with Crippen molar-refractivity contribution in [1.29, 1.82) is 0 Å². The third kappa shape index (κ3) is 5.02. The van der Waals surface area contributed by atoms with E-state index in [-0.39, 0.29) is 11.2 Å². The summed E-state index contributed by atoms with van der Waals surface area (Å²) in [6.07, 6.45) is 2.51. The lowest BCUT2D eigenvalue weighted by Gasteiger charge is -2.32. The Labute approximate surface area is 154 Å². The lowest BCUT2D eigenvalue weighted by atomic mass is 9.99. The number of hydrogen-bond donors (Lipinski definition) is 1. The van der Waals surface area contributed by atoms with Crippen LogP contribution in [0.2, 0.25) is 0 Å². The van der Waals surface area contributed by atoms with Crippen molar-refractivity contribution in [3.63, 3.8) is 0 Å². The number of nitrogens with one attached hydrogen (secondary N) is 1. The van der Waals surface area contributed by atoms with Gasteiger partial charge < -0.3 is 10.2 Å². The first kappa shape index (κ1) is 17.9. The Bertz CT molecular complexity index is 679. The highest BCUT2D eigenvalue weighted by Crippen LogP contribution is 2.26. The van der Waals surface area contributed by atoms with Gasteiger partial charge in [-0.05, 0) is 62.1 Å². The summed E-state index contributed by atoms with van der Waals surface area (Å²) in [6.45, 7) is 6.51. The first-order valence-corrected chi connectivity index (χ1v) is 9.87. The average Bonchev–Trinajstić information content (AvgIpc) is 2.64. The molecule has 0 aliphatic carbocycles. The number of carbonyl (C=O) groups excluding carboxylic acids is 1. The van der Waals surface area contributed by atoms with E-state index in [2.05, 4.69) is 29.3 Å². The maximum atomic E-state index is 12.4. The van der Waals surface area contributed by atoms with Gasteiger partial charge in [0.05, 0.1) is 5.25 Å². The van der Waals surface area contributed by atoms with Gasteiger partial charge in [-0.1, -0.05) is 25.1 Å². The Morgan fingerprint density at radius 3 is 2.36 bits per heavy atom. The number of amides is 1. The number of rotatable bonds is 5. The van der Waals surface area contributed by atoms with Gasteiger partial charge in [0.15, 0.2) is 0 Å². The Hall–Kier alpha value is -1.94. The maximum Gasteiger partial charge on any atom is 0.237 e. The molecule has 1 saturated heterocycles. The third-order valence-corrected chi connectivity index (χ3v) is 5.82. The predicted molar refractivity (Wildman–Crippen MR) is 107 cm³/mol. The van der Waals surface area contributed by atoms with E-state index in [1.54, 1.807) is 11.8 Å². The summed E-state index contributed by atoms with van der Waals surface area (Å²) in [7, 11) is 0. The van der Waals surface area contributed by atoms with Crippen LogP contribution in [0.15, 0.2) is 59.5 Å². The molecule has 3 rings (SSSR count). The van der Waals surface area contributed by atoms with E-state index < -0.39 is 0 Å². The van der Waals surface area contributed by atoms with Gasteiger partial charge >= 0.3 is 0 Å². The Kier molecular flexibility index (Phi) is 6.03. The van der Waals surface area contributed by atoms with E-state index in [1.807, 2.05) is 49.4 Å². The maximum absolute atomic E-state index is 12.4. The molecular formula is C21H26N2OS. The molecular weight excluding hydrogens is 328 g/mol. The minimum absolute atomic E-state index is 0.0356. The van der Waals surface area contributed by atoms with Crippen LogP contribution >= 0.6 is 11.8 Å². The van der Waals surface area contributed by atoms with Crippen molar-refractivity contribution >= 4 is 29.0 Å². The minimum Gasteiger partial charge on any atom is -0.372 e. The second kappa shape index (κ2) is 8.43. The van der Waals surface area contributed by atoms with Crippen LogP contribution in [-0.4, -0.2) is 24.2 Å². The van der Waals surface area contributed by atoms with Crippen LogP contribution in [0.5, 0.6) is 0 Å². The van der Waals surface area contributed by atoms with E-state index >= 15 is 0 Å². The SMILES string of the molecule is CC1CCN(c2ccc(NC(=O)C(C)Sc3ccccc3)cc2)CC1. The highest BCUT2D eigenvalue weighted by Gasteiger charge is 2.17. The second-order valence-electron chi connectivity index (χ2n) is 6.78. The van der Waals surface area contributed by atoms with Gasteiger partial charge in [-0.15, -0.1) is 11.8 Å². The van der Waals surface area contributed by atoms with Crippen molar-refractivity contribution < 1.29 is 4.79 Å². The fourth-order valence-electron chi connectivity index (χ4n) is 3.02. The van der Waals surface area contributed by atoms with E-state index in [1.165, 1.54) is 18.5 Å². The molecule has 1 N–H and O–H groups in total. The summed E-state index contributed by atoms with van der Waals surface area (Å²) in [5.74, 6) is 0.867. The minimum atomic E-state index is -0.134. The molecule has 1 amide bonds. The van der Waals surface area contributed by atoms with Crippen molar-refractivity contribution in [1.82, 2.24) is 0 Å². The zero-order valence-corrected chi connectivity index (χ0v) is 15.8. The summed E-state index contributed by atoms with van der Waals surface area (Å²) >= 11 is 1.58. The van der Waals surface area contributed by atoms with Gasteiger partial charge in [0.1, 0.15) is 0 Å². The largest absolute Gasteiger partial charge is 0.372 e. The Morgan fingerprint density at radius 1 is 1.08 bits per heavy atom. The number of thioether (sulfide) groups is 1. The molecule has 4 heteroatoms. The van der Waals surface area contributed by atoms with Crippen molar-refractivity contribution in [2.45, 2.75) is 36.8 Å². The highest BCUT2D eigenvalue weighted by molar-refractivity contribution is 8.00. The molecule has 0 saturated carbocycles. The Balaban J connectivity index is 1.54. The molecule has 0 spiro atoms. The zero-order valence-electron chi connectivity index (χ0n) is 14.9. The van der Waals surface area contributed by atoms with Gasteiger partial charge in [0, 0.05) is 29.4 Å². The van der Waals surface area contributed by atoms with Gasteiger partial charge in [-0.2, -0.15) is 0 Å². The summed E-state index contributed by atoms with van der Waals surface area (Å²) in [5, 5.41) is 2.89. The molecule has 0 bridgehead atoms. The lowest BCUT2D eigenvalue weighted by molar-refractivity contribution is -0.115. The van der Waals surface area contributed by atoms with Crippen LogP contribution in [0.4, 0.5) is 11.4 Å². The Morgan fingerprint density at radius 2 is 1.72 bits per heavy atom. The molecule has 132 valence electrons. The fourth-order valence-corrected chi connectivity index (χ4v) is 3.91. The molecule has 3 nitrogen and oxygen atoms in total. The van der Waals surface area contributed by atoms with E-state index in [0.29, 0.717) is 0 Å². The fraction of sp³-hybridized carbons (Fsp3) is 0.381. The number of anilines is 2. The van der Waals surface area contributed by atoms with E-state index in [0.717, 1.165) is 29.6 Å². The first-order valence-electron chi connectivity index (χ1n) is 8.99. The van der Waals surface area contributed by atoms with Crippen LogP contribution in [0, 0.1) is 5.92 Å². The van der Waals surface area contributed by atoms with Gasteiger partial charge in [0.25, 0.3) is 0 Å². The molecule has 2 aromatic rings. The summed E-state index contributed by atoms with van der Waals surface area (Å²) in [4.78, 5) is 15.9. The normalized spacial score (nSPS) is 16.5. The van der Waals surface area contributed by atoms with Crippen molar-refractivity contribution in [3.05, 3.63) is 54.6 Å². The summed E-state index contributed by atoms with van der Waals surface area (Å²) in [5.41, 5.74) is 2.11. The average molecular weight is 355 g/mol. The molecule has 0 aromatic heterocycles. The van der Waals surface area contributed by atoms with Crippen molar-refractivity contribution in [2.75, 3.05) is 23.3 Å². The number of nitrogens with zero attached hydrogens (tertiary/aromatic N) is 1. The van der Waals surface area contributed by atoms with Crippen LogP contribution in [0.25, 0.3) is 0 Å². The molecule has 2 aromatic carbocycles. The van der Waals surface area contributed by atoms with Crippen molar-refractivity contribution in [2.24, 2.45) is 5.92 Å². The van der Waals surface area contributed by atoms with Crippen molar-refractivity contribution in [3.8, 4) is 0 Å². The molecule has 1 aliphatic rings. The van der Waals surface area contributed by atoms with Crippen LogP contribution in [0.1, 0.15) is 26.7 Å². The van der Waals surface area contributed by atoms with Crippen LogP contribution in [0.3, 0.4) is 0 Å². The quantitative estimate of drug-likeness (QED) is 0.763. The zero-order chi connectivity index (χ0) is 17.6. The molecule has 1 fully saturated rings. The van der Waals surface area contributed by atoms with Gasteiger partial charge in [-0.3, -0.25) is 4.79 Å². The van der Waals surface area contributed by atoms with Crippen LogP contribution in [-0.2, 0) is 4.79 Å². The molecule has 1 aliphatic heterocycles. The third-order valence-electron chi connectivity index (χ3n) is 4.71. The predicted octanol–water partition coefficient (Wildman–Crippen LogP) is 5.04. The number of piperidine rings is 1. The molecule has 1 heterocycles. The smallest absolute Gasteiger partial charge is 0.237 e. The van der Waals surface area contributed by atoms with Gasteiger partial charge in [-0.25, -0.2) is 0 Å². The summed E-state index contributed by atoms with van der Waals surface area (Å²) < 4.78 is 0. The number of carbonyl (C=O) groups is 1. The number of hydrogen-bond acceptors (Lipinski definition) is 3. The molecule has 25 heavy (non-hydrogen) atoms. The molecule has 1 atom stereocenters. The van der Waals surface area contributed by atoms with E-state index in [9.17, 15) is 4.79 Å². The molecule has 1 unspecified atom stereocenters. The van der Waals surface area contributed by atoms with E-state index in [4.69, 9.17) is 0 Å². The topological polar surface area (TPSA) is 32.3 Å². The standard InChI is InChI=1S/C21H26N2OS/c1-16-12-14-23(15-13-16)19-10-8-18(9-11-19)22-21(24)17(2)25-20-6-4-3-5-7-20/h3-11,16-17H,12-15H2,1-2H3,(H,22,24). The molecule has 0 radical (unpaired) electrons. The first-order chi connectivity index (χ1) is 12.1. The lowest BCUT2D eigenvalue weighted by Crippen LogP contribution is -2.32. The monoisotopic (exact) mass is 354 g/mol.